The number of nitrogens with one attached hydrogen (secondary N) is 2. The van der Waals surface area contributed by atoms with Gasteiger partial charge in [0.15, 0.2) is 5.78 Å². The summed E-state index contributed by atoms with van der Waals surface area (Å²) >= 11 is 0. The predicted octanol–water partition coefficient (Wildman–Crippen LogP) is 8.81. The number of rotatable bonds is 5. The summed E-state index contributed by atoms with van der Waals surface area (Å²) in [5.74, 6) is -0.489. The Labute approximate surface area is 234 Å². The van der Waals surface area contributed by atoms with Crippen molar-refractivity contribution >= 4 is 34.1 Å². The molecule has 0 aliphatic rings. The summed E-state index contributed by atoms with van der Waals surface area (Å²) < 4.78 is 81.5. The Hall–Kier alpha value is -5.19. The smallest absolute Gasteiger partial charge is 0.308 e. The van der Waals surface area contributed by atoms with Gasteiger partial charge in [-0.1, -0.05) is 66.7 Å². The van der Waals surface area contributed by atoms with Crippen LogP contribution in [-0.2, 0) is 12.4 Å². The van der Waals surface area contributed by atoms with E-state index in [2.05, 4.69) is 15.6 Å². The molecular formula is C31H19F6N3O2. The molecule has 4 aromatic carbocycles. The maximum Gasteiger partial charge on any atom is 0.418 e. The van der Waals surface area contributed by atoms with Gasteiger partial charge in [0.2, 0.25) is 0 Å². The minimum atomic E-state index is -4.72. The number of para-hydroxylation sites is 2. The number of urea groups is 1. The Balaban J connectivity index is 1.58. The van der Waals surface area contributed by atoms with Crippen molar-refractivity contribution in [3.8, 4) is 11.1 Å². The van der Waals surface area contributed by atoms with Crippen LogP contribution < -0.4 is 10.6 Å². The molecule has 0 aliphatic carbocycles. The van der Waals surface area contributed by atoms with Crippen LogP contribution >= 0.6 is 0 Å². The van der Waals surface area contributed by atoms with Gasteiger partial charge in [-0.05, 0) is 35.9 Å². The maximum absolute atomic E-state index is 13.8. The first-order chi connectivity index (χ1) is 19.9. The zero-order valence-electron chi connectivity index (χ0n) is 21.3. The average molecular weight is 580 g/mol. The minimum Gasteiger partial charge on any atom is -0.308 e. The molecule has 1 heterocycles. The van der Waals surface area contributed by atoms with E-state index in [1.54, 1.807) is 36.4 Å². The number of halogens is 6. The summed E-state index contributed by atoms with van der Waals surface area (Å²) in [5.41, 5.74) is -2.03. The number of carbonyl (C=O) groups excluding carboxylic acids is 2. The lowest BCUT2D eigenvalue weighted by Gasteiger charge is -2.17. The van der Waals surface area contributed by atoms with Crippen LogP contribution in [0.4, 0.5) is 42.5 Å². The molecule has 0 unspecified atom stereocenters. The van der Waals surface area contributed by atoms with Gasteiger partial charge in [0.25, 0.3) is 0 Å². The molecule has 11 heteroatoms. The molecule has 5 aromatic rings. The van der Waals surface area contributed by atoms with Crippen LogP contribution in [0.15, 0.2) is 103 Å². The number of hydrogen-bond acceptors (Lipinski definition) is 3. The summed E-state index contributed by atoms with van der Waals surface area (Å²) in [7, 11) is 0. The molecule has 2 N–H and O–H groups in total. The second kappa shape index (κ2) is 11.0. The number of benzene rings is 4. The van der Waals surface area contributed by atoms with Gasteiger partial charge in [-0.2, -0.15) is 26.3 Å². The van der Waals surface area contributed by atoms with Crippen molar-refractivity contribution in [1.29, 1.82) is 0 Å². The second-order valence-corrected chi connectivity index (χ2v) is 9.14. The number of amides is 2. The number of carbonyl (C=O) groups is 2. The van der Waals surface area contributed by atoms with E-state index < -0.39 is 41.0 Å². The third-order valence-electron chi connectivity index (χ3n) is 6.37. The number of aromatic nitrogens is 1. The Kier molecular flexibility index (Phi) is 7.42. The summed E-state index contributed by atoms with van der Waals surface area (Å²) in [6, 6.07) is 21.0. The maximum atomic E-state index is 13.8. The first kappa shape index (κ1) is 28.3. The molecule has 5 rings (SSSR count). The first-order valence-electron chi connectivity index (χ1n) is 12.4. The highest BCUT2D eigenvalue weighted by molar-refractivity contribution is 6.17. The molecule has 0 saturated carbocycles. The molecule has 212 valence electrons. The standard InChI is InChI=1S/C31H19F6N3O2/c32-30(33,34)23-13-4-5-15-25(23)40-29(42)39-20-11-6-10-19(16-20)26-21-12-7-14-24(31(35,36)37)27(21)38-17-22(26)28(41)18-8-2-1-3-9-18/h1-17H,(H2,39,40,42). The number of ketones is 1. The molecule has 0 spiro atoms. The zero-order chi connectivity index (χ0) is 30.1. The third kappa shape index (κ3) is 5.80. The first-order valence-corrected chi connectivity index (χ1v) is 12.4. The summed E-state index contributed by atoms with van der Waals surface area (Å²) in [6.45, 7) is 0. The molecular weight excluding hydrogens is 560 g/mol. The summed E-state index contributed by atoms with van der Waals surface area (Å²) in [6.07, 6.45) is -8.34. The van der Waals surface area contributed by atoms with E-state index in [1.165, 1.54) is 42.5 Å². The number of fused-ring (bicyclic) bond motifs is 1. The van der Waals surface area contributed by atoms with Crippen molar-refractivity contribution in [2.45, 2.75) is 12.4 Å². The molecule has 2 amide bonds. The molecule has 0 atom stereocenters. The van der Waals surface area contributed by atoms with Gasteiger partial charge >= 0.3 is 18.4 Å². The van der Waals surface area contributed by atoms with E-state index in [9.17, 15) is 35.9 Å². The highest BCUT2D eigenvalue weighted by Crippen LogP contribution is 2.40. The fraction of sp³-hybridized carbons (Fsp3) is 0.0645. The number of pyridine rings is 1. The monoisotopic (exact) mass is 579 g/mol. The number of hydrogen-bond donors (Lipinski definition) is 2. The highest BCUT2D eigenvalue weighted by atomic mass is 19.4. The molecule has 0 aliphatic heterocycles. The Morgan fingerprint density at radius 1 is 0.667 bits per heavy atom. The fourth-order valence-electron chi connectivity index (χ4n) is 4.56. The van der Waals surface area contributed by atoms with Gasteiger partial charge < -0.3 is 10.6 Å². The summed E-state index contributed by atoms with van der Waals surface area (Å²) in [4.78, 5) is 30.2. The molecule has 0 bridgehead atoms. The highest BCUT2D eigenvalue weighted by Gasteiger charge is 2.35. The number of anilines is 2. The topological polar surface area (TPSA) is 71.1 Å². The van der Waals surface area contributed by atoms with Gasteiger partial charge in [-0.3, -0.25) is 9.78 Å². The fourth-order valence-corrected chi connectivity index (χ4v) is 4.56. The van der Waals surface area contributed by atoms with Crippen molar-refractivity contribution in [2.75, 3.05) is 10.6 Å². The van der Waals surface area contributed by atoms with Crippen molar-refractivity contribution in [3.63, 3.8) is 0 Å². The molecule has 42 heavy (non-hydrogen) atoms. The quantitative estimate of drug-likeness (QED) is 0.162. The van der Waals surface area contributed by atoms with Gasteiger partial charge in [0.05, 0.1) is 22.3 Å². The van der Waals surface area contributed by atoms with Crippen LogP contribution in [-0.4, -0.2) is 16.8 Å². The van der Waals surface area contributed by atoms with E-state index >= 15 is 0 Å². The van der Waals surface area contributed by atoms with E-state index in [0.717, 1.165) is 24.4 Å². The molecule has 0 fully saturated rings. The van der Waals surface area contributed by atoms with Gasteiger partial charge in [-0.25, -0.2) is 4.79 Å². The number of nitrogens with zero attached hydrogens (tertiary/aromatic N) is 1. The van der Waals surface area contributed by atoms with Gasteiger partial charge in [0.1, 0.15) is 0 Å². The van der Waals surface area contributed by atoms with Crippen molar-refractivity contribution in [1.82, 2.24) is 4.98 Å². The SMILES string of the molecule is O=C(Nc1cccc(-c2c(C(=O)c3ccccc3)cnc3c(C(F)(F)F)cccc23)c1)Nc1ccccc1C(F)(F)F. The Morgan fingerprint density at radius 3 is 2.02 bits per heavy atom. The second-order valence-electron chi connectivity index (χ2n) is 9.14. The van der Waals surface area contributed by atoms with E-state index in [0.29, 0.717) is 0 Å². The van der Waals surface area contributed by atoms with Crippen molar-refractivity contribution in [3.05, 3.63) is 126 Å². The van der Waals surface area contributed by atoms with Crippen LogP contribution in [0.25, 0.3) is 22.0 Å². The van der Waals surface area contributed by atoms with E-state index in [1.807, 2.05) is 0 Å². The van der Waals surface area contributed by atoms with Crippen LogP contribution in [0.2, 0.25) is 0 Å². The largest absolute Gasteiger partial charge is 0.418 e. The lowest BCUT2D eigenvalue weighted by Crippen LogP contribution is -2.21. The van der Waals surface area contributed by atoms with E-state index in [4.69, 9.17) is 0 Å². The van der Waals surface area contributed by atoms with Crippen molar-refractivity contribution < 1.29 is 35.9 Å². The molecule has 5 nitrogen and oxygen atoms in total. The lowest BCUT2D eigenvalue weighted by molar-refractivity contribution is -0.137. The van der Waals surface area contributed by atoms with Gasteiger partial charge in [0, 0.05) is 34.0 Å². The summed E-state index contributed by atoms with van der Waals surface area (Å²) in [5, 5.41) is 4.66. The average Bonchev–Trinajstić information content (AvgIpc) is 2.95. The molecule has 0 radical (unpaired) electrons. The number of alkyl halides is 6. The van der Waals surface area contributed by atoms with Crippen LogP contribution in [0.3, 0.4) is 0 Å². The normalized spacial score (nSPS) is 11.8. The predicted molar refractivity (Wildman–Crippen MR) is 146 cm³/mol. The zero-order valence-corrected chi connectivity index (χ0v) is 21.3. The molecule has 1 aromatic heterocycles. The third-order valence-corrected chi connectivity index (χ3v) is 6.37. The Morgan fingerprint density at radius 2 is 1.31 bits per heavy atom. The van der Waals surface area contributed by atoms with Crippen LogP contribution in [0, 0.1) is 0 Å². The van der Waals surface area contributed by atoms with Crippen molar-refractivity contribution in [2.24, 2.45) is 0 Å². The van der Waals surface area contributed by atoms with Gasteiger partial charge in [-0.15, -0.1) is 0 Å². The Bertz CT molecular complexity index is 1800. The minimum absolute atomic E-state index is 0.0220. The van der Waals surface area contributed by atoms with E-state index in [-0.39, 0.29) is 38.8 Å². The van der Waals surface area contributed by atoms with Crippen LogP contribution in [0.1, 0.15) is 27.0 Å². The molecule has 0 saturated heterocycles. The lowest BCUT2D eigenvalue weighted by atomic mass is 9.91. The van der Waals surface area contributed by atoms with Crippen LogP contribution in [0.5, 0.6) is 0 Å².